The Hall–Kier alpha value is 0.100. The molecule has 1 aromatic rings. The van der Waals surface area contributed by atoms with Crippen LogP contribution >= 0.6 is 27.3 Å². The first-order valence-electron chi connectivity index (χ1n) is 6.35. The second kappa shape index (κ2) is 6.32. The molecule has 0 amide bonds. The van der Waals surface area contributed by atoms with E-state index in [1.165, 1.54) is 46.7 Å². The van der Waals surface area contributed by atoms with Crippen LogP contribution in [0.1, 0.15) is 29.5 Å². The number of aryl methyl sites for hydroxylation is 1. The molecule has 0 aliphatic carbocycles. The van der Waals surface area contributed by atoms with E-state index in [-0.39, 0.29) is 0 Å². The van der Waals surface area contributed by atoms with Crippen LogP contribution in [0.4, 0.5) is 0 Å². The van der Waals surface area contributed by atoms with Gasteiger partial charge in [0.15, 0.2) is 0 Å². The van der Waals surface area contributed by atoms with Crippen LogP contribution in [-0.2, 0) is 6.54 Å². The predicted molar refractivity (Wildman–Crippen MR) is 78.7 cm³/mol. The van der Waals surface area contributed by atoms with Crippen molar-refractivity contribution >= 4 is 27.3 Å². The topological polar surface area (TPSA) is 15.3 Å². The Labute approximate surface area is 117 Å². The summed E-state index contributed by atoms with van der Waals surface area (Å²) < 4.78 is 1.24. The first-order chi connectivity index (χ1) is 8.15. The Morgan fingerprint density at radius 1 is 1.47 bits per heavy atom. The Morgan fingerprint density at radius 2 is 2.18 bits per heavy atom. The van der Waals surface area contributed by atoms with Gasteiger partial charge in [0.25, 0.3) is 0 Å². The lowest BCUT2D eigenvalue weighted by molar-refractivity contribution is 0.298. The van der Waals surface area contributed by atoms with E-state index in [1.54, 1.807) is 0 Å². The normalized spacial score (nSPS) is 18.8. The molecule has 1 fully saturated rings. The summed E-state index contributed by atoms with van der Waals surface area (Å²) in [5.41, 5.74) is 0. The van der Waals surface area contributed by atoms with E-state index in [1.807, 2.05) is 11.3 Å². The van der Waals surface area contributed by atoms with Crippen molar-refractivity contribution in [2.24, 2.45) is 0 Å². The standard InChI is InChI=1S/C13H21BrN2S/c1-10(9-16-5-3-4-6-16)15-8-12-7-13(14)11(2)17-12/h7,10,15H,3-6,8-9H2,1-2H3. The molecule has 96 valence electrons. The minimum atomic E-state index is 0.578. The number of nitrogens with one attached hydrogen (secondary N) is 1. The van der Waals surface area contributed by atoms with Crippen molar-refractivity contribution in [3.05, 3.63) is 20.3 Å². The van der Waals surface area contributed by atoms with E-state index in [0.717, 1.165) is 6.54 Å². The SMILES string of the molecule is Cc1sc(CNC(C)CN2CCCC2)cc1Br. The van der Waals surface area contributed by atoms with E-state index in [0.29, 0.717) is 6.04 Å². The third kappa shape index (κ3) is 4.05. The molecule has 2 rings (SSSR count). The van der Waals surface area contributed by atoms with Crippen molar-refractivity contribution in [3.63, 3.8) is 0 Å². The number of hydrogen-bond acceptors (Lipinski definition) is 3. The Morgan fingerprint density at radius 3 is 2.76 bits per heavy atom. The molecule has 1 unspecified atom stereocenters. The molecule has 1 aliphatic heterocycles. The maximum absolute atomic E-state index is 3.61. The fraction of sp³-hybridized carbons (Fsp3) is 0.692. The van der Waals surface area contributed by atoms with Crippen LogP contribution < -0.4 is 5.32 Å². The van der Waals surface area contributed by atoms with Crippen molar-refractivity contribution in [1.82, 2.24) is 10.2 Å². The summed E-state index contributed by atoms with van der Waals surface area (Å²) >= 11 is 5.44. The van der Waals surface area contributed by atoms with Gasteiger partial charge >= 0.3 is 0 Å². The Kier molecular flexibility index (Phi) is 5.03. The molecule has 4 heteroatoms. The monoisotopic (exact) mass is 316 g/mol. The van der Waals surface area contributed by atoms with Crippen molar-refractivity contribution in [2.45, 2.75) is 39.3 Å². The molecule has 2 heterocycles. The number of thiophene rings is 1. The molecule has 0 bridgehead atoms. The largest absolute Gasteiger partial charge is 0.308 e. The van der Waals surface area contributed by atoms with E-state index in [9.17, 15) is 0 Å². The van der Waals surface area contributed by atoms with E-state index < -0.39 is 0 Å². The summed E-state index contributed by atoms with van der Waals surface area (Å²) in [6.45, 7) is 9.20. The zero-order chi connectivity index (χ0) is 12.3. The highest BCUT2D eigenvalue weighted by Crippen LogP contribution is 2.26. The van der Waals surface area contributed by atoms with Crippen molar-refractivity contribution < 1.29 is 0 Å². The number of hydrogen-bond donors (Lipinski definition) is 1. The summed E-state index contributed by atoms with van der Waals surface area (Å²) in [4.78, 5) is 5.35. The molecule has 1 aromatic heterocycles. The summed E-state index contributed by atoms with van der Waals surface area (Å²) in [6, 6.07) is 2.81. The fourth-order valence-corrected chi connectivity index (χ4v) is 3.85. The van der Waals surface area contributed by atoms with Gasteiger partial charge in [-0.2, -0.15) is 0 Å². The minimum absolute atomic E-state index is 0.578. The molecular formula is C13H21BrN2S. The van der Waals surface area contributed by atoms with Gasteiger partial charge in [0.05, 0.1) is 0 Å². The van der Waals surface area contributed by atoms with Crippen LogP contribution in [0.5, 0.6) is 0 Å². The molecule has 0 radical (unpaired) electrons. The lowest BCUT2D eigenvalue weighted by Gasteiger charge is -2.20. The maximum atomic E-state index is 3.61. The zero-order valence-corrected chi connectivity index (χ0v) is 13.0. The smallest absolute Gasteiger partial charge is 0.0314 e. The predicted octanol–water partition coefficient (Wildman–Crippen LogP) is 3.39. The second-order valence-electron chi connectivity index (χ2n) is 4.91. The van der Waals surface area contributed by atoms with Crippen LogP contribution in [0.2, 0.25) is 0 Å². The molecule has 17 heavy (non-hydrogen) atoms. The molecule has 0 aromatic carbocycles. The first-order valence-corrected chi connectivity index (χ1v) is 7.96. The second-order valence-corrected chi connectivity index (χ2v) is 7.10. The highest BCUT2D eigenvalue weighted by Gasteiger charge is 2.14. The van der Waals surface area contributed by atoms with Gasteiger partial charge < -0.3 is 10.2 Å². The van der Waals surface area contributed by atoms with Crippen LogP contribution in [0.3, 0.4) is 0 Å². The zero-order valence-electron chi connectivity index (χ0n) is 10.6. The molecule has 2 nitrogen and oxygen atoms in total. The van der Waals surface area contributed by atoms with Gasteiger partial charge in [-0.1, -0.05) is 0 Å². The van der Waals surface area contributed by atoms with Crippen molar-refractivity contribution in [1.29, 1.82) is 0 Å². The summed E-state index contributed by atoms with van der Waals surface area (Å²) in [5, 5.41) is 3.61. The fourth-order valence-electron chi connectivity index (χ4n) is 2.30. The van der Waals surface area contributed by atoms with Crippen LogP contribution in [0.15, 0.2) is 10.5 Å². The third-order valence-corrected chi connectivity index (χ3v) is 5.40. The first kappa shape index (κ1) is 13.5. The number of rotatable bonds is 5. The third-order valence-electron chi connectivity index (χ3n) is 3.26. The molecule has 1 saturated heterocycles. The summed E-state index contributed by atoms with van der Waals surface area (Å²) in [7, 11) is 0. The molecule has 0 saturated carbocycles. The highest BCUT2D eigenvalue weighted by molar-refractivity contribution is 9.10. The van der Waals surface area contributed by atoms with Gasteiger partial charge in [0.2, 0.25) is 0 Å². The quantitative estimate of drug-likeness (QED) is 0.895. The summed E-state index contributed by atoms with van der Waals surface area (Å²) in [6.07, 6.45) is 2.76. The molecule has 1 aliphatic rings. The number of halogens is 1. The maximum Gasteiger partial charge on any atom is 0.0314 e. The van der Waals surface area contributed by atoms with Gasteiger partial charge in [-0.3, -0.25) is 0 Å². The van der Waals surface area contributed by atoms with Crippen molar-refractivity contribution in [3.8, 4) is 0 Å². The van der Waals surface area contributed by atoms with Gasteiger partial charge in [0.1, 0.15) is 0 Å². The molecule has 1 N–H and O–H groups in total. The minimum Gasteiger partial charge on any atom is -0.308 e. The van der Waals surface area contributed by atoms with E-state index in [4.69, 9.17) is 0 Å². The lowest BCUT2D eigenvalue weighted by Crippen LogP contribution is -2.37. The molecular weight excluding hydrogens is 296 g/mol. The van der Waals surface area contributed by atoms with Crippen LogP contribution in [0.25, 0.3) is 0 Å². The van der Waals surface area contributed by atoms with E-state index >= 15 is 0 Å². The van der Waals surface area contributed by atoms with Gasteiger partial charge in [-0.05, 0) is 61.8 Å². The average Bonchev–Trinajstić information content (AvgIpc) is 2.87. The highest BCUT2D eigenvalue weighted by atomic mass is 79.9. The van der Waals surface area contributed by atoms with Crippen molar-refractivity contribution in [2.75, 3.05) is 19.6 Å². The Bertz CT molecular complexity index is 339. The van der Waals surface area contributed by atoms with Gasteiger partial charge in [0, 0.05) is 33.4 Å². The lowest BCUT2D eigenvalue weighted by atomic mass is 10.3. The number of likely N-dealkylation sites (tertiary alicyclic amines) is 1. The van der Waals surface area contributed by atoms with Gasteiger partial charge in [-0.15, -0.1) is 11.3 Å². The van der Waals surface area contributed by atoms with Gasteiger partial charge in [-0.25, -0.2) is 0 Å². The molecule has 0 spiro atoms. The molecule has 1 atom stereocenters. The van der Waals surface area contributed by atoms with E-state index in [2.05, 4.69) is 46.1 Å². The summed E-state index contributed by atoms with van der Waals surface area (Å²) in [5.74, 6) is 0. The average molecular weight is 317 g/mol. The number of nitrogens with zero attached hydrogens (tertiary/aromatic N) is 1. The van der Waals surface area contributed by atoms with Crippen LogP contribution in [-0.4, -0.2) is 30.6 Å². The Balaban J connectivity index is 1.73. The van der Waals surface area contributed by atoms with Crippen LogP contribution in [0, 0.1) is 6.92 Å².